The van der Waals surface area contributed by atoms with Crippen LogP contribution in [0.2, 0.25) is 0 Å². The van der Waals surface area contributed by atoms with Crippen LogP contribution in [0.4, 0.5) is 0 Å². The second-order valence-electron chi connectivity index (χ2n) is 5.10. The highest BCUT2D eigenvalue weighted by molar-refractivity contribution is 5.51. The summed E-state index contributed by atoms with van der Waals surface area (Å²) in [6, 6.07) is 13.9. The Morgan fingerprint density at radius 2 is 1.74 bits per heavy atom. The monoisotopic (exact) mass is 255 g/mol. The molecule has 0 bridgehead atoms. The maximum atomic E-state index is 9.76. The minimum Gasteiger partial charge on any atom is -0.504 e. The zero-order chi connectivity index (χ0) is 13.4. The molecule has 1 aliphatic rings. The molecular formula is C16H17NO2. The Morgan fingerprint density at radius 3 is 2.47 bits per heavy atom. The molecule has 0 amide bonds. The number of phenols is 2. The van der Waals surface area contributed by atoms with Crippen LogP contribution in [0.5, 0.6) is 11.5 Å². The summed E-state index contributed by atoms with van der Waals surface area (Å²) in [7, 11) is 0. The van der Waals surface area contributed by atoms with Crippen LogP contribution in [0.25, 0.3) is 0 Å². The second-order valence-corrected chi connectivity index (χ2v) is 5.10. The highest BCUT2D eigenvalue weighted by Gasteiger charge is 2.28. The zero-order valence-corrected chi connectivity index (χ0v) is 10.8. The fraction of sp³-hybridized carbons (Fsp3) is 0.250. The predicted molar refractivity (Wildman–Crippen MR) is 74.4 cm³/mol. The van der Waals surface area contributed by atoms with Gasteiger partial charge in [0.05, 0.1) is 0 Å². The van der Waals surface area contributed by atoms with E-state index in [1.165, 1.54) is 5.56 Å². The Hall–Kier alpha value is -2.00. The number of fused-ring (bicyclic) bond motifs is 1. The standard InChI is InChI=1S/C16H17NO2/c1-10-16(11-5-3-2-4-6-11)13-8-15(19)14(18)7-12(13)9-17-10/h2-8,10,16-19H,9H2,1H3. The molecule has 0 radical (unpaired) electrons. The van der Waals surface area contributed by atoms with E-state index in [2.05, 4.69) is 24.4 Å². The fourth-order valence-electron chi connectivity index (χ4n) is 2.87. The van der Waals surface area contributed by atoms with Crippen molar-refractivity contribution in [1.29, 1.82) is 0 Å². The van der Waals surface area contributed by atoms with Gasteiger partial charge in [-0.1, -0.05) is 30.3 Å². The molecule has 0 fully saturated rings. The molecule has 3 nitrogen and oxygen atoms in total. The maximum absolute atomic E-state index is 9.76. The fourth-order valence-corrected chi connectivity index (χ4v) is 2.87. The molecule has 0 aromatic heterocycles. The minimum absolute atomic E-state index is 0.0474. The van der Waals surface area contributed by atoms with Gasteiger partial charge in [-0.3, -0.25) is 0 Å². The summed E-state index contributed by atoms with van der Waals surface area (Å²) >= 11 is 0. The van der Waals surface area contributed by atoms with Crippen LogP contribution < -0.4 is 5.32 Å². The van der Waals surface area contributed by atoms with Crippen molar-refractivity contribution in [2.75, 3.05) is 0 Å². The van der Waals surface area contributed by atoms with E-state index in [9.17, 15) is 10.2 Å². The number of hydrogen-bond donors (Lipinski definition) is 3. The van der Waals surface area contributed by atoms with Crippen LogP contribution in [0, 0.1) is 0 Å². The van der Waals surface area contributed by atoms with Crippen molar-refractivity contribution < 1.29 is 10.2 Å². The van der Waals surface area contributed by atoms with Gasteiger partial charge >= 0.3 is 0 Å². The molecule has 0 saturated carbocycles. The van der Waals surface area contributed by atoms with Crippen LogP contribution >= 0.6 is 0 Å². The molecule has 2 aromatic rings. The molecule has 3 N–H and O–H groups in total. The maximum Gasteiger partial charge on any atom is 0.157 e. The largest absolute Gasteiger partial charge is 0.504 e. The van der Waals surface area contributed by atoms with Gasteiger partial charge in [0.15, 0.2) is 11.5 Å². The summed E-state index contributed by atoms with van der Waals surface area (Å²) in [5.74, 6) is 0.0899. The van der Waals surface area contributed by atoms with Gasteiger partial charge in [-0.2, -0.15) is 0 Å². The van der Waals surface area contributed by atoms with Crippen LogP contribution in [0.15, 0.2) is 42.5 Å². The summed E-state index contributed by atoms with van der Waals surface area (Å²) in [5, 5.41) is 22.8. The number of rotatable bonds is 1. The topological polar surface area (TPSA) is 52.5 Å². The van der Waals surface area contributed by atoms with Gasteiger partial charge in [-0.05, 0) is 35.7 Å². The molecule has 0 spiro atoms. The zero-order valence-electron chi connectivity index (χ0n) is 10.8. The lowest BCUT2D eigenvalue weighted by Gasteiger charge is -2.33. The van der Waals surface area contributed by atoms with E-state index in [-0.39, 0.29) is 17.4 Å². The lowest BCUT2D eigenvalue weighted by atomic mass is 9.80. The van der Waals surface area contributed by atoms with Gasteiger partial charge in [0.2, 0.25) is 0 Å². The first-order valence-electron chi connectivity index (χ1n) is 6.50. The molecule has 2 unspecified atom stereocenters. The Labute approximate surface area is 112 Å². The molecule has 3 heteroatoms. The first kappa shape index (κ1) is 12.1. The number of aromatic hydroxyl groups is 2. The van der Waals surface area contributed by atoms with Gasteiger partial charge in [-0.15, -0.1) is 0 Å². The average Bonchev–Trinajstić information content (AvgIpc) is 2.42. The van der Waals surface area contributed by atoms with Crippen molar-refractivity contribution in [2.24, 2.45) is 0 Å². The van der Waals surface area contributed by atoms with E-state index in [0.717, 1.165) is 11.1 Å². The molecule has 98 valence electrons. The molecule has 3 rings (SSSR count). The van der Waals surface area contributed by atoms with Crippen molar-refractivity contribution in [3.05, 3.63) is 59.2 Å². The predicted octanol–water partition coefficient (Wildman–Crippen LogP) is 2.72. The molecule has 1 heterocycles. The van der Waals surface area contributed by atoms with Crippen LogP contribution in [0.1, 0.15) is 29.5 Å². The first-order valence-corrected chi connectivity index (χ1v) is 6.50. The Morgan fingerprint density at radius 1 is 1.05 bits per heavy atom. The highest BCUT2D eigenvalue weighted by Crippen LogP contribution is 2.39. The number of phenolic OH excluding ortho intramolecular Hbond substituents is 2. The summed E-state index contributed by atoms with van der Waals surface area (Å²) in [4.78, 5) is 0. The van der Waals surface area contributed by atoms with Crippen LogP contribution in [0.3, 0.4) is 0 Å². The number of benzene rings is 2. The SMILES string of the molecule is CC1NCc2cc(O)c(O)cc2C1c1ccccc1. The second kappa shape index (κ2) is 4.59. The minimum atomic E-state index is -0.0538. The van der Waals surface area contributed by atoms with Crippen molar-refractivity contribution in [3.63, 3.8) is 0 Å². The summed E-state index contributed by atoms with van der Waals surface area (Å²) in [6.45, 7) is 2.86. The normalized spacial score (nSPS) is 21.9. The van der Waals surface area contributed by atoms with Crippen LogP contribution in [-0.4, -0.2) is 16.3 Å². The van der Waals surface area contributed by atoms with Crippen molar-refractivity contribution in [2.45, 2.75) is 25.4 Å². The third-order valence-electron chi connectivity index (χ3n) is 3.84. The molecule has 0 aliphatic carbocycles. The van der Waals surface area contributed by atoms with Crippen molar-refractivity contribution in [3.8, 4) is 11.5 Å². The molecule has 2 aromatic carbocycles. The lowest BCUT2D eigenvalue weighted by Crippen LogP contribution is -2.37. The third-order valence-corrected chi connectivity index (χ3v) is 3.84. The quantitative estimate of drug-likeness (QED) is 0.687. The molecular weight excluding hydrogens is 238 g/mol. The lowest BCUT2D eigenvalue weighted by molar-refractivity contribution is 0.396. The summed E-state index contributed by atoms with van der Waals surface area (Å²) in [5.41, 5.74) is 3.35. The number of hydrogen-bond acceptors (Lipinski definition) is 3. The van der Waals surface area contributed by atoms with Crippen molar-refractivity contribution >= 4 is 0 Å². The van der Waals surface area contributed by atoms with E-state index < -0.39 is 0 Å². The summed E-state index contributed by atoms with van der Waals surface area (Å²) in [6.07, 6.45) is 0. The van der Waals surface area contributed by atoms with Gasteiger partial charge < -0.3 is 15.5 Å². The van der Waals surface area contributed by atoms with Crippen molar-refractivity contribution in [1.82, 2.24) is 5.32 Å². The highest BCUT2D eigenvalue weighted by atomic mass is 16.3. The third kappa shape index (κ3) is 2.06. The Kier molecular flexibility index (Phi) is 2.91. The van der Waals surface area contributed by atoms with Gasteiger partial charge in [0.25, 0.3) is 0 Å². The number of nitrogens with one attached hydrogen (secondary N) is 1. The van der Waals surface area contributed by atoms with Crippen LogP contribution in [-0.2, 0) is 6.54 Å². The Balaban J connectivity index is 2.14. The van der Waals surface area contributed by atoms with E-state index in [1.807, 2.05) is 18.2 Å². The molecule has 2 atom stereocenters. The summed E-state index contributed by atoms with van der Waals surface area (Å²) < 4.78 is 0. The van der Waals surface area contributed by atoms with E-state index in [4.69, 9.17) is 0 Å². The van der Waals surface area contributed by atoms with Gasteiger partial charge in [0, 0.05) is 18.5 Å². The first-order chi connectivity index (χ1) is 9.16. The van der Waals surface area contributed by atoms with E-state index >= 15 is 0 Å². The Bertz CT molecular complexity index is 595. The van der Waals surface area contributed by atoms with E-state index in [1.54, 1.807) is 12.1 Å². The smallest absolute Gasteiger partial charge is 0.157 e. The molecule has 1 aliphatic heterocycles. The van der Waals surface area contributed by atoms with E-state index in [0.29, 0.717) is 12.6 Å². The van der Waals surface area contributed by atoms with Gasteiger partial charge in [-0.25, -0.2) is 0 Å². The molecule has 0 saturated heterocycles. The molecule has 19 heavy (non-hydrogen) atoms. The average molecular weight is 255 g/mol. The van der Waals surface area contributed by atoms with Gasteiger partial charge in [0.1, 0.15) is 0 Å².